The Balaban J connectivity index is 1.71. The molecule has 0 bridgehead atoms. The van der Waals surface area contributed by atoms with Crippen LogP contribution in [0.5, 0.6) is 0 Å². The monoisotopic (exact) mass is 264 g/mol. The minimum atomic E-state index is -0.213. The third-order valence-electron chi connectivity index (χ3n) is 5.20. The third-order valence-corrected chi connectivity index (χ3v) is 5.20. The average molecular weight is 264 g/mol. The van der Waals surface area contributed by atoms with Crippen molar-refractivity contribution in [2.75, 3.05) is 6.61 Å². The lowest BCUT2D eigenvalue weighted by atomic mass is 9.63. The zero-order chi connectivity index (χ0) is 13.7. The fraction of sp³-hybridized carbons (Fsp3) is 0.867. The summed E-state index contributed by atoms with van der Waals surface area (Å²) >= 11 is 0. The van der Waals surface area contributed by atoms with Gasteiger partial charge in [0.05, 0.1) is 23.6 Å². The lowest BCUT2D eigenvalue weighted by molar-refractivity contribution is 0.00578. The Morgan fingerprint density at radius 3 is 2.42 bits per heavy atom. The fourth-order valence-electron chi connectivity index (χ4n) is 3.24. The molecule has 0 spiro atoms. The van der Waals surface area contributed by atoms with Crippen LogP contribution in [0.4, 0.5) is 0 Å². The third kappa shape index (κ3) is 2.34. The summed E-state index contributed by atoms with van der Waals surface area (Å²) in [5.41, 5.74) is 1.09. The molecule has 1 aliphatic carbocycles. The molecule has 19 heavy (non-hydrogen) atoms. The maximum atomic E-state index is 6.20. The summed E-state index contributed by atoms with van der Waals surface area (Å²) in [7, 11) is -0.0547. The van der Waals surface area contributed by atoms with E-state index in [4.69, 9.17) is 14.0 Å². The minimum Gasteiger partial charge on any atom is -0.498 e. The van der Waals surface area contributed by atoms with Gasteiger partial charge in [0.1, 0.15) is 0 Å². The quantitative estimate of drug-likeness (QED) is 0.676. The summed E-state index contributed by atoms with van der Waals surface area (Å²) < 4.78 is 18.2. The fourth-order valence-corrected chi connectivity index (χ4v) is 3.24. The molecule has 2 heterocycles. The van der Waals surface area contributed by atoms with Gasteiger partial charge in [-0.2, -0.15) is 0 Å². The van der Waals surface area contributed by atoms with Gasteiger partial charge < -0.3 is 14.0 Å². The standard InChI is InChI=1S/C15H25BO3/c1-14(2)15(3,4)19-16(18-14)12-7-8-13-11(10-12)6-5-9-17-13/h12H,5-10H2,1-4H3/t12-/m1/s1. The van der Waals surface area contributed by atoms with E-state index in [1.807, 2.05) is 0 Å². The first-order valence-corrected chi connectivity index (χ1v) is 7.58. The summed E-state index contributed by atoms with van der Waals surface area (Å²) in [6, 6.07) is 0. The van der Waals surface area contributed by atoms with Crippen LogP contribution in [0.1, 0.15) is 59.8 Å². The van der Waals surface area contributed by atoms with Gasteiger partial charge in [-0.15, -0.1) is 0 Å². The molecule has 0 saturated carbocycles. The van der Waals surface area contributed by atoms with E-state index in [-0.39, 0.29) is 18.3 Å². The number of hydrogen-bond acceptors (Lipinski definition) is 3. The van der Waals surface area contributed by atoms with E-state index >= 15 is 0 Å². The molecule has 2 aliphatic heterocycles. The van der Waals surface area contributed by atoms with Gasteiger partial charge in [-0.3, -0.25) is 0 Å². The number of allylic oxidation sites excluding steroid dienone is 2. The van der Waals surface area contributed by atoms with E-state index in [0.29, 0.717) is 5.82 Å². The molecule has 1 atom stereocenters. The van der Waals surface area contributed by atoms with Crippen molar-refractivity contribution >= 4 is 7.12 Å². The van der Waals surface area contributed by atoms with Crippen LogP contribution in [-0.4, -0.2) is 24.9 Å². The van der Waals surface area contributed by atoms with Crippen molar-refractivity contribution in [1.29, 1.82) is 0 Å². The van der Waals surface area contributed by atoms with Crippen LogP contribution in [0, 0.1) is 0 Å². The van der Waals surface area contributed by atoms with Crippen LogP contribution in [-0.2, 0) is 14.0 Å². The highest BCUT2D eigenvalue weighted by Gasteiger charge is 2.54. The first kappa shape index (κ1) is 13.5. The summed E-state index contributed by atoms with van der Waals surface area (Å²) in [4.78, 5) is 0. The van der Waals surface area contributed by atoms with Gasteiger partial charge >= 0.3 is 7.12 Å². The van der Waals surface area contributed by atoms with Gasteiger partial charge in [0.2, 0.25) is 0 Å². The molecular formula is C15H25BO3. The zero-order valence-corrected chi connectivity index (χ0v) is 12.6. The predicted molar refractivity (Wildman–Crippen MR) is 75.9 cm³/mol. The molecular weight excluding hydrogens is 239 g/mol. The molecule has 0 aromatic carbocycles. The molecule has 0 radical (unpaired) electrons. The van der Waals surface area contributed by atoms with E-state index in [2.05, 4.69) is 27.7 Å². The van der Waals surface area contributed by atoms with Crippen molar-refractivity contribution in [2.45, 2.75) is 76.8 Å². The molecule has 0 aromatic rings. The van der Waals surface area contributed by atoms with Gasteiger partial charge in [-0.05, 0) is 64.8 Å². The first-order chi connectivity index (χ1) is 8.89. The highest BCUT2D eigenvalue weighted by Crippen LogP contribution is 2.46. The zero-order valence-electron chi connectivity index (χ0n) is 12.6. The highest BCUT2D eigenvalue weighted by molar-refractivity contribution is 6.47. The van der Waals surface area contributed by atoms with Gasteiger partial charge in [-0.1, -0.05) is 0 Å². The van der Waals surface area contributed by atoms with Crippen LogP contribution in [0.2, 0.25) is 5.82 Å². The Bertz CT molecular complexity index is 384. The van der Waals surface area contributed by atoms with Crippen molar-refractivity contribution in [1.82, 2.24) is 0 Å². The Morgan fingerprint density at radius 1 is 1.05 bits per heavy atom. The Kier molecular flexibility index (Phi) is 3.22. The van der Waals surface area contributed by atoms with E-state index in [1.54, 1.807) is 0 Å². The summed E-state index contributed by atoms with van der Waals surface area (Å²) in [6.45, 7) is 9.42. The van der Waals surface area contributed by atoms with Crippen molar-refractivity contribution < 1.29 is 14.0 Å². The normalized spacial score (nSPS) is 33.1. The topological polar surface area (TPSA) is 27.7 Å². The molecule has 0 unspecified atom stereocenters. The Hall–Kier alpha value is -0.475. The Labute approximate surface area is 116 Å². The first-order valence-electron chi connectivity index (χ1n) is 7.58. The number of ether oxygens (including phenoxy) is 1. The molecule has 0 aromatic heterocycles. The van der Waals surface area contributed by atoms with E-state index in [9.17, 15) is 0 Å². The summed E-state index contributed by atoms with van der Waals surface area (Å²) in [5.74, 6) is 1.75. The lowest BCUT2D eigenvalue weighted by Crippen LogP contribution is -2.41. The summed E-state index contributed by atoms with van der Waals surface area (Å²) in [6.07, 6.45) is 5.63. The molecule has 1 fully saturated rings. The van der Waals surface area contributed by atoms with Crippen LogP contribution in [0.25, 0.3) is 0 Å². The second kappa shape index (κ2) is 4.52. The molecule has 4 heteroatoms. The molecule has 0 N–H and O–H groups in total. The molecule has 0 amide bonds. The highest BCUT2D eigenvalue weighted by atomic mass is 16.7. The molecule has 3 nitrogen and oxygen atoms in total. The van der Waals surface area contributed by atoms with Gasteiger partial charge in [0.25, 0.3) is 0 Å². The summed E-state index contributed by atoms with van der Waals surface area (Å²) in [5, 5.41) is 0. The van der Waals surface area contributed by atoms with Crippen molar-refractivity contribution in [3.8, 4) is 0 Å². The largest absolute Gasteiger partial charge is 0.498 e. The average Bonchev–Trinajstić information content (AvgIpc) is 2.58. The maximum Gasteiger partial charge on any atom is 0.461 e. The van der Waals surface area contributed by atoms with E-state index < -0.39 is 0 Å². The smallest absolute Gasteiger partial charge is 0.461 e. The second-order valence-corrected chi connectivity index (χ2v) is 7.11. The minimum absolute atomic E-state index is 0.0547. The second-order valence-electron chi connectivity index (χ2n) is 7.11. The molecule has 1 saturated heterocycles. The van der Waals surface area contributed by atoms with Gasteiger partial charge in [0, 0.05) is 6.42 Å². The predicted octanol–water partition coefficient (Wildman–Crippen LogP) is 3.70. The van der Waals surface area contributed by atoms with Crippen molar-refractivity contribution in [3.05, 3.63) is 11.3 Å². The van der Waals surface area contributed by atoms with E-state index in [1.165, 1.54) is 17.8 Å². The molecule has 106 valence electrons. The number of hydrogen-bond donors (Lipinski definition) is 0. The van der Waals surface area contributed by atoms with Crippen LogP contribution >= 0.6 is 0 Å². The van der Waals surface area contributed by atoms with Crippen molar-refractivity contribution in [2.24, 2.45) is 0 Å². The molecule has 3 aliphatic rings. The van der Waals surface area contributed by atoms with Crippen LogP contribution in [0.3, 0.4) is 0 Å². The van der Waals surface area contributed by atoms with Crippen LogP contribution < -0.4 is 0 Å². The van der Waals surface area contributed by atoms with Gasteiger partial charge in [-0.25, -0.2) is 0 Å². The van der Waals surface area contributed by atoms with Crippen LogP contribution in [0.15, 0.2) is 11.3 Å². The molecule has 3 rings (SSSR count). The maximum absolute atomic E-state index is 6.20. The lowest BCUT2D eigenvalue weighted by Gasteiger charge is -2.32. The Morgan fingerprint density at radius 2 is 1.74 bits per heavy atom. The van der Waals surface area contributed by atoms with E-state index in [0.717, 1.165) is 32.3 Å². The van der Waals surface area contributed by atoms with Crippen molar-refractivity contribution in [3.63, 3.8) is 0 Å². The SMILES string of the molecule is CC1(C)OB([C@@H]2CCC3=C(CCCO3)C2)OC1(C)C. The number of rotatable bonds is 1. The van der Waals surface area contributed by atoms with Gasteiger partial charge in [0.15, 0.2) is 0 Å².